The number of hydrogen-bond donors (Lipinski definition) is 1. The van der Waals surface area contributed by atoms with Crippen LogP contribution < -0.4 is 24.7 Å². The minimum atomic E-state index is -1.49. The first-order valence-corrected chi connectivity index (χ1v) is 7.92. The molecule has 0 aliphatic carbocycles. The molecule has 0 aromatic heterocycles. The number of methoxy groups -OCH3 is 2. The van der Waals surface area contributed by atoms with Gasteiger partial charge in [0.05, 0.1) is 37.5 Å². The van der Waals surface area contributed by atoms with Crippen molar-refractivity contribution in [3.63, 3.8) is 0 Å². The maximum absolute atomic E-state index is 11.8. The molecule has 0 radical (unpaired) electrons. The number of nitrogens with zero attached hydrogens (tertiary/aromatic N) is 2. The van der Waals surface area contributed by atoms with Gasteiger partial charge in [0.25, 0.3) is 5.91 Å². The third-order valence-electron chi connectivity index (χ3n) is 3.54. The number of hydrazone groups is 1. The molecule has 0 saturated heterocycles. The number of benzene rings is 2. The van der Waals surface area contributed by atoms with Crippen molar-refractivity contribution in [3.8, 4) is 23.3 Å². The van der Waals surface area contributed by atoms with Gasteiger partial charge in [-0.1, -0.05) is 12.1 Å². The highest BCUT2D eigenvalue weighted by molar-refractivity contribution is 6.01. The maximum Gasteiger partial charge on any atom is 0.277 e. The number of nitrogens with one attached hydrogen (secondary N) is 1. The number of para-hydroxylation sites is 1. The van der Waals surface area contributed by atoms with Crippen molar-refractivity contribution in [1.82, 2.24) is 5.43 Å². The predicted octanol–water partition coefficient (Wildman–Crippen LogP) is 0.468. The average Bonchev–Trinajstić information content (AvgIpc) is 2.71. The summed E-state index contributed by atoms with van der Waals surface area (Å²) in [6.45, 7) is -0.380. The number of carbonyl (C=O) groups excluding carboxylic acids is 2. The van der Waals surface area contributed by atoms with E-state index in [9.17, 15) is 14.7 Å². The number of carbonyl (C=O) groups is 2. The van der Waals surface area contributed by atoms with Gasteiger partial charge in [-0.2, -0.15) is 10.4 Å². The Kier molecular flexibility index (Phi) is 6.93. The van der Waals surface area contributed by atoms with E-state index in [2.05, 4.69) is 10.5 Å². The lowest BCUT2D eigenvalue weighted by Crippen LogP contribution is -2.26. The van der Waals surface area contributed by atoms with Gasteiger partial charge in [-0.25, -0.2) is 5.43 Å². The largest absolute Gasteiger partial charge is 0.545 e. The Morgan fingerprint density at radius 3 is 2.57 bits per heavy atom. The predicted molar refractivity (Wildman–Crippen MR) is 96.3 cm³/mol. The number of carboxylic acids is 1. The van der Waals surface area contributed by atoms with Crippen LogP contribution in [0.4, 0.5) is 0 Å². The summed E-state index contributed by atoms with van der Waals surface area (Å²) in [5.74, 6) is -1.62. The van der Waals surface area contributed by atoms with E-state index < -0.39 is 11.9 Å². The van der Waals surface area contributed by atoms with Crippen LogP contribution in [0.15, 0.2) is 41.5 Å². The lowest BCUT2D eigenvalue weighted by molar-refractivity contribution is -0.255. The van der Waals surface area contributed by atoms with Crippen molar-refractivity contribution < 1.29 is 28.9 Å². The summed E-state index contributed by atoms with van der Waals surface area (Å²) in [4.78, 5) is 23.3. The molecule has 0 saturated carbocycles. The number of rotatable bonds is 8. The molecule has 1 amide bonds. The lowest BCUT2D eigenvalue weighted by Gasteiger charge is -2.15. The number of carboxylic acid groups (broad SMARTS) is 1. The van der Waals surface area contributed by atoms with E-state index in [-0.39, 0.29) is 35.0 Å². The second-order valence-corrected chi connectivity index (χ2v) is 5.24. The summed E-state index contributed by atoms with van der Waals surface area (Å²) in [6.07, 6.45) is 1.13. The van der Waals surface area contributed by atoms with E-state index in [0.717, 1.165) is 6.21 Å². The molecule has 0 unspecified atom stereocenters. The lowest BCUT2D eigenvalue weighted by atomic mass is 10.1. The van der Waals surface area contributed by atoms with E-state index in [0.29, 0.717) is 5.56 Å². The van der Waals surface area contributed by atoms with Gasteiger partial charge in [-0.3, -0.25) is 4.79 Å². The molecule has 0 spiro atoms. The zero-order valence-electron chi connectivity index (χ0n) is 15.1. The molecule has 0 bridgehead atoms. The molecule has 0 heterocycles. The molecule has 9 nitrogen and oxygen atoms in total. The monoisotopic (exact) mass is 382 g/mol. The molecular formula is C19H16N3O6-. The maximum atomic E-state index is 11.8. The molecule has 2 aromatic rings. The van der Waals surface area contributed by atoms with Gasteiger partial charge in [0.15, 0.2) is 18.1 Å². The van der Waals surface area contributed by atoms with E-state index in [1.807, 2.05) is 6.07 Å². The van der Waals surface area contributed by atoms with Crippen molar-refractivity contribution in [2.24, 2.45) is 5.10 Å². The summed E-state index contributed by atoms with van der Waals surface area (Å²) >= 11 is 0. The van der Waals surface area contributed by atoms with Gasteiger partial charge in [0.2, 0.25) is 0 Å². The second-order valence-electron chi connectivity index (χ2n) is 5.24. The normalized spacial score (nSPS) is 10.2. The van der Waals surface area contributed by atoms with Crippen molar-refractivity contribution in [2.75, 3.05) is 20.8 Å². The minimum absolute atomic E-state index is 0.0192. The van der Waals surface area contributed by atoms with E-state index in [4.69, 9.17) is 19.5 Å². The van der Waals surface area contributed by atoms with Gasteiger partial charge in [0, 0.05) is 5.56 Å². The van der Waals surface area contributed by atoms with Crippen LogP contribution in [0.5, 0.6) is 17.2 Å². The zero-order valence-corrected chi connectivity index (χ0v) is 15.1. The SMILES string of the molecule is COc1ccc(/C=N\NC(=O)COc2ccccc2C#N)c(C(=O)[O-])c1OC. The molecule has 0 aliphatic heterocycles. The Bertz CT molecular complexity index is 949. The molecule has 0 atom stereocenters. The van der Waals surface area contributed by atoms with Crippen LogP contribution in [-0.2, 0) is 4.79 Å². The highest BCUT2D eigenvalue weighted by Gasteiger charge is 2.15. The first-order valence-electron chi connectivity index (χ1n) is 7.92. The Hall–Kier alpha value is -4.06. The Balaban J connectivity index is 2.07. The molecule has 2 aromatic carbocycles. The molecule has 1 N–H and O–H groups in total. The molecule has 0 fully saturated rings. The fourth-order valence-corrected chi connectivity index (χ4v) is 2.29. The summed E-state index contributed by atoms with van der Waals surface area (Å²) in [5, 5.41) is 24.1. The number of nitriles is 1. The summed E-state index contributed by atoms with van der Waals surface area (Å²) in [6, 6.07) is 11.3. The summed E-state index contributed by atoms with van der Waals surface area (Å²) < 4.78 is 15.4. The van der Waals surface area contributed by atoms with Crippen molar-refractivity contribution in [2.45, 2.75) is 0 Å². The highest BCUT2D eigenvalue weighted by atomic mass is 16.5. The van der Waals surface area contributed by atoms with Crippen LogP contribution in [0.3, 0.4) is 0 Å². The third-order valence-corrected chi connectivity index (χ3v) is 3.54. The topological polar surface area (TPSA) is 133 Å². The number of hydrogen-bond acceptors (Lipinski definition) is 8. The van der Waals surface area contributed by atoms with E-state index in [1.165, 1.54) is 26.4 Å². The average molecular weight is 382 g/mol. The minimum Gasteiger partial charge on any atom is -0.545 e. The Morgan fingerprint density at radius 2 is 1.93 bits per heavy atom. The quantitative estimate of drug-likeness (QED) is 0.518. The van der Waals surface area contributed by atoms with Crippen molar-refractivity contribution in [1.29, 1.82) is 5.26 Å². The summed E-state index contributed by atoms with van der Waals surface area (Å²) in [5.41, 5.74) is 2.38. The van der Waals surface area contributed by atoms with E-state index >= 15 is 0 Å². The number of aromatic carboxylic acids is 1. The number of amides is 1. The Labute approximate surface area is 160 Å². The smallest absolute Gasteiger partial charge is 0.277 e. The fraction of sp³-hybridized carbons (Fsp3) is 0.158. The second kappa shape index (κ2) is 9.59. The first kappa shape index (κ1) is 20.3. The van der Waals surface area contributed by atoms with Gasteiger partial charge in [-0.05, 0) is 24.3 Å². The van der Waals surface area contributed by atoms with Crippen LogP contribution in [-0.4, -0.2) is 38.9 Å². The fourth-order valence-electron chi connectivity index (χ4n) is 2.29. The molecule has 2 rings (SSSR count). The summed E-state index contributed by atoms with van der Waals surface area (Å²) in [7, 11) is 2.67. The molecular weight excluding hydrogens is 366 g/mol. The molecule has 9 heteroatoms. The van der Waals surface area contributed by atoms with Crippen LogP contribution in [0.2, 0.25) is 0 Å². The molecule has 0 aliphatic rings. The van der Waals surface area contributed by atoms with E-state index in [1.54, 1.807) is 24.3 Å². The molecule has 144 valence electrons. The first-order chi connectivity index (χ1) is 13.5. The van der Waals surface area contributed by atoms with Crippen molar-refractivity contribution in [3.05, 3.63) is 53.1 Å². The third kappa shape index (κ3) is 4.76. The highest BCUT2D eigenvalue weighted by Crippen LogP contribution is 2.32. The molecule has 28 heavy (non-hydrogen) atoms. The van der Waals surface area contributed by atoms with Crippen LogP contribution >= 0.6 is 0 Å². The Morgan fingerprint density at radius 1 is 1.18 bits per heavy atom. The van der Waals surface area contributed by atoms with Crippen LogP contribution in [0.25, 0.3) is 0 Å². The van der Waals surface area contributed by atoms with Gasteiger partial charge in [-0.15, -0.1) is 0 Å². The number of ether oxygens (including phenoxy) is 3. The van der Waals surface area contributed by atoms with Crippen LogP contribution in [0.1, 0.15) is 21.5 Å². The van der Waals surface area contributed by atoms with Crippen LogP contribution in [0, 0.1) is 11.3 Å². The standard InChI is InChI=1S/C19H17N3O6/c1-26-15-8-7-13(17(19(24)25)18(15)27-2)10-21-22-16(23)11-28-14-6-4-3-5-12(14)9-20/h3-8,10H,11H2,1-2H3,(H,22,23)(H,24,25)/p-1/b21-10-. The zero-order chi connectivity index (χ0) is 20.5. The van der Waals surface area contributed by atoms with Gasteiger partial charge >= 0.3 is 0 Å². The van der Waals surface area contributed by atoms with Crippen molar-refractivity contribution >= 4 is 18.1 Å². The van der Waals surface area contributed by atoms with Gasteiger partial charge < -0.3 is 24.1 Å². The van der Waals surface area contributed by atoms with Gasteiger partial charge in [0.1, 0.15) is 11.8 Å².